The topological polar surface area (TPSA) is 25.8 Å². The van der Waals surface area contributed by atoms with E-state index >= 15 is 0 Å². The van der Waals surface area contributed by atoms with Crippen molar-refractivity contribution in [2.75, 3.05) is 0 Å². The maximum atomic E-state index is 5.74. The monoisotopic (exact) mass is 848 g/mol. The summed E-state index contributed by atoms with van der Waals surface area (Å²) in [6.45, 7) is 0. The van der Waals surface area contributed by atoms with Gasteiger partial charge in [0.15, 0.2) is 5.82 Å². The Morgan fingerprint density at radius 2 is 0.719 bits per heavy atom. The predicted octanol–water partition coefficient (Wildman–Crippen LogP) is 17.5. The van der Waals surface area contributed by atoms with Crippen LogP contribution >= 0.6 is 22.7 Å². The van der Waals surface area contributed by atoms with Crippen LogP contribution in [0.15, 0.2) is 218 Å². The first-order chi connectivity index (χ1) is 31.7. The fourth-order valence-electron chi connectivity index (χ4n) is 9.76. The fourth-order valence-corrected chi connectivity index (χ4v) is 12.2. The van der Waals surface area contributed by atoms with Crippen molar-refractivity contribution in [1.82, 2.24) is 9.97 Å². The van der Waals surface area contributed by atoms with E-state index in [0.29, 0.717) is 5.82 Å². The molecule has 13 aromatic rings. The molecule has 4 heteroatoms. The molecule has 3 aromatic heterocycles. The molecule has 3 heterocycles. The van der Waals surface area contributed by atoms with E-state index in [2.05, 4.69) is 218 Å². The van der Waals surface area contributed by atoms with E-state index in [-0.39, 0.29) is 0 Å². The first-order valence-electron chi connectivity index (χ1n) is 21.6. The first kappa shape index (κ1) is 36.9. The van der Waals surface area contributed by atoms with Crippen LogP contribution in [0.2, 0.25) is 0 Å². The molecule has 2 nitrogen and oxygen atoms in total. The summed E-state index contributed by atoms with van der Waals surface area (Å²) >= 11 is 3.67. The van der Waals surface area contributed by atoms with E-state index in [4.69, 9.17) is 9.97 Å². The Balaban J connectivity index is 1.19. The molecule has 298 valence electrons. The molecule has 0 fully saturated rings. The second-order valence-corrected chi connectivity index (χ2v) is 18.5. The normalized spacial score (nSPS) is 11.8. The van der Waals surface area contributed by atoms with Gasteiger partial charge in [0.1, 0.15) is 0 Å². The minimum absolute atomic E-state index is 0.686. The number of hydrogen-bond donors (Lipinski definition) is 0. The standard InChI is InChI=1S/C60H36N2S2/c1-2-16-37(17-3-1)40-34-51(43-26-12-20-38-18-4-6-22-41(38)43)57(46-27-13-21-39-19-5-7-23-42(39)46)52(35-40)60-61-53(49-30-14-28-47-44-24-8-10-32-55(44)63-58(47)49)36-54(62-60)50-31-15-29-48-45-25-9-11-33-56(45)64-59(48)50/h1-36H. The van der Waals surface area contributed by atoms with Crippen molar-refractivity contribution in [3.05, 3.63) is 218 Å². The summed E-state index contributed by atoms with van der Waals surface area (Å²) in [5, 5.41) is 9.78. The van der Waals surface area contributed by atoms with E-state index in [0.717, 1.165) is 55.9 Å². The van der Waals surface area contributed by atoms with E-state index in [1.54, 1.807) is 0 Å². The molecule has 0 saturated heterocycles. The minimum Gasteiger partial charge on any atom is -0.228 e. The van der Waals surface area contributed by atoms with Crippen molar-refractivity contribution in [2.45, 2.75) is 0 Å². The fraction of sp³-hybridized carbons (Fsp3) is 0. The van der Waals surface area contributed by atoms with Crippen molar-refractivity contribution in [2.24, 2.45) is 0 Å². The van der Waals surface area contributed by atoms with Gasteiger partial charge in [0, 0.05) is 62.6 Å². The van der Waals surface area contributed by atoms with Gasteiger partial charge in [-0.25, -0.2) is 9.97 Å². The molecule has 0 N–H and O–H groups in total. The molecule has 0 aliphatic carbocycles. The molecule has 64 heavy (non-hydrogen) atoms. The summed E-state index contributed by atoms with van der Waals surface area (Å²) in [5.74, 6) is 0.686. The summed E-state index contributed by atoms with van der Waals surface area (Å²) in [6.07, 6.45) is 0. The quantitative estimate of drug-likeness (QED) is 0.167. The summed E-state index contributed by atoms with van der Waals surface area (Å²) in [6, 6.07) is 79.3. The van der Waals surface area contributed by atoms with Crippen molar-refractivity contribution in [3.63, 3.8) is 0 Å². The van der Waals surface area contributed by atoms with E-state index in [1.807, 2.05) is 22.7 Å². The highest BCUT2D eigenvalue weighted by molar-refractivity contribution is 7.26. The number of nitrogens with zero attached hydrogens (tertiary/aromatic N) is 2. The van der Waals surface area contributed by atoms with Crippen LogP contribution in [-0.2, 0) is 0 Å². The molecule has 10 aromatic carbocycles. The lowest BCUT2D eigenvalue weighted by Gasteiger charge is -2.21. The molecule has 0 aliphatic heterocycles. The largest absolute Gasteiger partial charge is 0.228 e. The molecule has 0 spiro atoms. The first-order valence-corrected chi connectivity index (χ1v) is 23.3. The van der Waals surface area contributed by atoms with E-state index in [9.17, 15) is 0 Å². The number of fused-ring (bicyclic) bond motifs is 8. The number of rotatable bonds is 6. The van der Waals surface area contributed by atoms with Crippen LogP contribution in [0.3, 0.4) is 0 Å². The number of thiophene rings is 2. The second-order valence-electron chi connectivity index (χ2n) is 16.4. The molecular weight excluding hydrogens is 813 g/mol. The Labute approximate surface area is 378 Å². The van der Waals surface area contributed by atoms with Crippen LogP contribution in [-0.4, -0.2) is 9.97 Å². The molecule has 0 bridgehead atoms. The summed E-state index contributed by atoms with van der Waals surface area (Å²) in [5.41, 5.74) is 11.8. The van der Waals surface area contributed by atoms with Gasteiger partial charge in [-0.15, -0.1) is 22.7 Å². The molecule has 0 atom stereocenters. The van der Waals surface area contributed by atoms with Crippen LogP contribution < -0.4 is 0 Å². The van der Waals surface area contributed by atoms with Crippen molar-refractivity contribution < 1.29 is 0 Å². The van der Waals surface area contributed by atoms with Gasteiger partial charge in [-0.05, 0) is 79.7 Å². The van der Waals surface area contributed by atoms with Crippen molar-refractivity contribution in [1.29, 1.82) is 0 Å². The maximum absolute atomic E-state index is 5.74. The molecule has 0 radical (unpaired) electrons. The Kier molecular flexibility index (Phi) is 8.61. The minimum atomic E-state index is 0.686. The van der Waals surface area contributed by atoms with Crippen molar-refractivity contribution >= 4 is 84.6 Å². The van der Waals surface area contributed by atoms with Crippen LogP contribution in [0, 0.1) is 0 Å². The molecular formula is C60H36N2S2. The van der Waals surface area contributed by atoms with Crippen LogP contribution in [0.4, 0.5) is 0 Å². The van der Waals surface area contributed by atoms with Gasteiger partial charge >= 0.3 is 0 Å². The third kappa shape index (κ3) is 5.99. The van der Waals surface area contributed by atoms with Gasteiger partial charge in [-0.1, -0.05) is 188 Å². The lowest BCUT2D eigenvalue weighted by Crippen LogP contribution is -2.00. The zero-order chi connectivity index (χ0) is 42.1. The van der Waals surface area contributed by atoms with Gasteiger partial charge in [0.2, 0.25) is 0 Å². The van der Waals surface area contributed by atoms with Crippen molar-refractivity contribution in [3.8, 4) is 67.3 Å². The zero-order valence-corrected chi connectivity index (χ0v) is 36.1. The summed E-state index contributed by atoms with van der Waals surface area (Å²) in [7, 11) is 0. The van der Waals surface area contributed by atoms with Gasteiger partial charge in [-0.2, -0.15) is 0 Å². The Hall–Kier alpha value is -7.76. The third-order valence-corrected chi connectivity index (χ3v) is 15.2. The van der Waals surface area contributed by atoms with E-state index < -0.39 is 0 Å². The van der Waals surface area contributed by atoms with Crippen LogP contribution in [0.5, 0.6) is 0 Å². The molecule has 13 rings (SSSR count). The number of hydrogen-bond acceptors (Lipinski definition) is 4. The summed E-state index contributed by atoms with van der Waals surface area (Å²) < 4.78 is 4.98. The second kappa shape index (κ2) is 15.0. The zero-order valence-electron chi connectivity index (χ0n) is 34.5. The molecule has 0 saturated carbocycles. The van der Waals surface area contributed by atoms with Gasteiger partial charge in [0.25, 0.3) is 0 Å². The Morgan fingerprint density at radius 3 is 1.33 bits per heavy atom. The number of benzene rings is 10. The molecule has 0 aliphatic rings. The Bertz CT molecular complexity index is 3830. The third-order valence-electron chi connectivity index (χ3n) is 12.7. The van der Waals surface area contributed by atoms with Gasteiger partial charge in [0.05, 0.1) is 11.4 Å². The molecule has 0 amide bonds. The number of aromatic nitrogens is 2. The van der Waals surface area contributed by atoms with Gasteiger partial charge in [-0.3, -0.25) is 0 Å². The van der Waals surface area contributed by atoms with Crippen LogP contribution in [0.1, 0.15) is 0 Å². The lowest BCUT2D eigenvalue weighted by molar-refractivity contribution is 1.19. The average molecular weight is 849 g/mol. The highest BCUT2D eigenvalue weighted by Crippen LogP contribution is 2.48. The molecule has 0 unspecified atom stereocenters. The SMILES string of the molecule is c1ccc(-c2cc(-c3nc(-c4cccc5c4sc4ccccc45)cc(-c4cccc5c4sc4ccccc45)n3)c(-c3cccc4ccccc34)c(-c3cccc4ccccc34)c2)cc1. The van der Waals surface area contributed by atoms with Crippen LogP contribution in [0.25, 0.3) is 129 Å². The highest BCUT2D eigenvalue weighted by Gasteiger charge is 2.24. The van der Waals surface area contributed by atoms with E-state index in [1.165, 1.54) is 67.5 Å². The maximum Gasteiger partial charge on any atom is 0.161 e. The average Bonchev–Trinajstić information content (AvgIpc) is 3.95. The van der Waals surface area contributed by atoms with Gasteiger partial charge < -0.3 is 0 Å². The Morgan fingerprint density at radius 1 is 0.281 bits per heavy atom. The lowest BCUT2D eigenvalue weighted by atomic mass is 9.83. The smallest absolute Gasteiger partial charge is 0.161 e. The highest BCUT2D eigenvalue weighted by atomic mass is 32.1. The summed E-state index contributed by atoms with van der Waals surface area (Å²) in [4.78, 5) is 11.5. The predicted molar refractivity (Wildman–Crippen MR) is 275 cm³/mol.